The summed E-state index contributed by atoms with van der Waals surface area (Å²) in [5, 5.41) is 8.00. The molecule has 0 unspecified atom stereocenters. The number of hydrogen-bond donors (Lipinski definition) is 3. The molecule has 1 amide bonds. The zero-order chi connectivity index (χ0) is 15.9. The fourth-order valence-corrected chi connectivity index (χ4v) is 2.73. The maximum absolute atomic E-state index is 12.7. The van der Waals surface area contributed by atoms with Crippen LogP contribution in [0.1, 0.15) is 22.5 Å². The number of aromatic amines is 1. The predicted molar refractivity (Wildman–Crippen MR) is 83.6 cm³/mol. The van der Waals surface area contributed by atoms with Crippen molar-refractivity contribution >= 4 is 27.7 Å². The minimum absolute atomic E-state index is 0.149. The van der Waals surface area contributed by atoms with Crippen molar-refractivity contribution in [3.63, 3.8) is 0 Å². The summed E-state index contributed by atoms with van der Waals surface area (Å²) in [7, 11) is 0. The summed E-state index contributed by atoms with van der Waals surface area (Å²) in [5.74, 6) is -0.600. The Hall–Kier alpha value is -2.67. The van der Waals surface area contributed by atoms with Crippen LogP contribution in [0.25, 0.3) is 21.8 Å². The molecule has 2 aromatic heterocycles. The Morgan fingerprint density at radius 1 is 1.45 bits per heavy atom. The Labute approximate surface area is 125 Å². The van der Waals surface area contributed by atoms with E-state index < -0.39 is 5.91 Å². The van der Waals surface area contributed by atoms with Crippen LogP contribution in [0, 0.1) is 13.0 Å². The van der Waals surface area contributed by atoms with Crippen LogP contribution >= 0.6 is 0 Å². The Balaban J connectivity index is 2.54. The number of nitrogens with zero attached hydrogens (tertiary/aromatic N) is 2. The van der Waals surface area contributed by atoms with Gasteiger partial charge in [0.2, 0.25) is 5.91 Å². The molecule has 22 heavy (non-hydrogen) atoms. The normalized spacial score (nSPS) is 11.4. The molecule has 0 saturated heterocycles. The molecule has 7 heteroatoms. The van der Waals surface area contributed by atoms with Crippen molar-refractivity contribution in [2.24, 2.45) is 11.5 Å². The molecule has 1 radical (unpaired) electrons. The van der Waals surface area contributed by atoms with Crippen LogP contribution in [-0.4, -0.2) is 27.2 Å². The molecular weight excluding hydrogens is 282 g/mol. The van der Waals surface area contributed by atoms with Gasteiger partial charge in [-0.25, -0.2) is 0 Å². The van der Waals surface area contributed by atoms with E-state index in [1.165, 1.54) is 0 Å². The minimum atomic E-state index is -0.600. The van der Waals surface area contributed by atoms with Gasteiger partial charge in [0.25, 0.3) is 5.56 Å². The summed E-state index contributed by atoms with van der Waals surface area (Å²) in [6, 6.07) is 6.18. The van der Waals surface area contributed by atoms with E-state index in [0.29, 0.717) is 47.0 Å². The molecule has 0 bridgehead atoms. The highest BCUT2D eigenvalue weighted by atomic mass is 16.1. The van der Waals surface area contributed by atoms with Gasteiger partial charge in [0.05, 0.1) is 16.5 Å². The van der Waals surface area contributed by atoms with E-state index in [-0.39, 0.29) is 11.1 Å². The number of pyridine rings is 1. The summed E-state index contributed by atoms with van der Waals surface area (Å²) in [6.07, 6.45) is 0.655. The molecular formula is C15H16N5O2. The molecule has 0 atom stereocenters. The number of aryl methyl sites for hydroxylation is 2. The first-order valence-corrected chi connectivity index (χ1v) is 6.98. The SMILES string of the molecule is Cc1[nH]nc2c1c(=O)n(CCCN)c1cc[c]c(C(N)=O)c21. The Bertz CT molecular complexity index is 938. The molecule has 3 rings (SSSR count). The van der Waals surface area contributed by atoms with Crippen LogP contribution in [0.15, 0.2) is 16.9 Å². The molecule has 5 N–H and O–H groups in total. The molecule has 3 aromatic rings. The van der Waals surface area contributed by atoms with Crippen molar-refractivity contribution in [2.45, 2.75) is 19.9 Å². The summed E-state index contributed by atoms with van der Waals surface area (Å²) >= 11 is 0. The largest absolute Gasteiger partial charge is 0.366 e. The number of carbonyl (C=O) groups is 1. The predicted octanol–water partition coefficient (Wildman–Crippen LogP) is 0.434. The quantitative estimate of drug-likeness (QED) is 0.647. The van der Waals surface area contributed by atoms with Crippen molar-refractivity contribution in [3.05, 3.63) is 39.8 Å². The van der Waals surface area contributed by atoms with Crippen molar-refractivity contribution in [2.75, 3.05) is 6.54 Å². The van der Waals surface area contributed by atoms with Crippen LogP contribution in [0.4, 0.5) is 0 Å². The molecule has 0 aliphatic carbocycles. The lowest BCUT2D eigenvalue weighted by Gasteiger charge is -2.12. The Morgan fingerprint density at radius 2 is 2.23 bits per heavy atom. The van der Waals surface area contributed by atoms with E-state index in [1.54, 1.807) is 23.6 Å². The molecule has 113 valence electrons. The fourth-order valence-electron chi connectivity index (χ4n) is 2.73. The fraction of sp³-hybridized carbons (Fsp3) is 0.267. The van der Waals surface area contributed by atoms with Gasteiger partial charge in [-0.05, 0) is 32.0 Å². The lowest BCUT2D eigenvalue weighted by Crippen LogP contribution is -2.23. The third-order valence-electron chi connectivity index (χ3n) is 3.74. The van der Waals surface area contributed by atoms with Crippen LogP contribution in [0.3, 0.4) is 0 Å². The first-order valence-electron chi connectivity index (χ1n) is 6.98. The first-order chi connectivity index (χ1) is 10.6. The van der Waals surface area contributed by atoms with Gasteiger partial charge >= 0.3 is 0 Å². The van der Waals surface area contributed by atoms with Crippen LogP contribution in [-0.2, 0) is 6.54 Å². The molecule has 1 aromatic carbocycles. The van der Waals surface area contributed by atoms with E-state index in [1.807, 2.05) is 0 Å². The zero-order valence-electron chi connectivity index (χ0n) is 12.1. The number of nitrogens with one attached hydrogen (secondary N) is 1. The highest BCUT2D eigenvalue weighted by Crippen LogP contribution is 2.25. The lowest BCUT2D eigenvalue weighted by atomic mass is 10.0. The maximum Gasteiger partial charge on any atom is 0.262 e. The van der Waals surface area contributed by atoms with E-state index >= 15 is 0 Å². The number of hydrogen-bond acceptors (Lipinski definition) is 4. The highest BCUT2D eigenvalue weighted by Gasteiger charge is 2.19. The van der Waals surface area contributed by atoms with Crippen molar-refractivity contribution < 1.29 is 4.79 Å². The average molecular weight is 298 g/mol. The number of carbonyl (C=O) groups excluding carboxylic acids is 1. The van der Waals surface area contributed by atoms with E-state index in [0.717, 1.165) is 0 Å². The number of aromatic nitrogens is 3. The Kier molecular flexibility index (Phi) is 3.42. The molecule has 0 fully saturated rings. The van der Waals surface area contributed by atoms with Gasteiger partial charge < -0.3 is 16.0 Å². The second-order valence-electron chi connectivity index (χ2n) is 5.15. The van der Waals surface area contributed by atoms with E-state index in [2.05, 4.69) is 16.3 Å². The van der Waals surface area contributed by atoms with Crippen molar-refractivity contribution in [3.8, 4) is 0 Å². The number of benzene rings is 1. The third-order valence-corrected chi connectivity index (χ3v) is 3.74. The average Bonchev–Trinajstić information content (AvgIpc) is 2.88. The van der Waals surface area contributed by atoms with Gasteiger partial charge in [0, 0.05) is 17.6 Å². The smallest absolute Gasteiger partial charge is 0.262 e. The molecule has 0 spiro atoms. The number of rotatable bonds is 4. The van der Waals surface area contributed by atoms with Crippen molar-refractivity contribution in [1.29, 1.82) is 0 Å². The number of primary amides is 1. The maximum atomic E-state index is 12.7. The third kappa shape index (κ3) is 1.98. The van der Waals surface area contributed by atoms with Gasteiger partial charge in [-0.2, -0.15) is 5.10 Å². The van der Waals surface area contributed by atoms with E-state index in [4.69, 9.17) is 11.5 Å². The van der Waals surface area contributed by atoms with Gasteiger partial charge in [0.15, 0.2) is 0 Å². The van der Waals surface area contributed by atoms with Gasteiger partial charge in [-0.15, -0.1) is 0 Å². The van der Waals surface area contributed by atoms with Gasteiger partial charge in [-0.1, -0.05) is 6.07 Å². The number of H-pyrrole nitrogens is 1. The zero-order valence-corrected chi connectivity index (χ0v) is 12.1. The lowest BCUT2D eigenvalue weighted by molar-refractivity contribution is 0.100. The monoisotopic (exact) mass is 298 g/mol. The van der Waals surface area contributed by atoms with Gasteiger partial charge in [-0.3, -0.25) is 14.7 Å². The molecule has 0 saturated carbocycles. The number of amides is 1. The molecule has 2 heterocycles. The minimum Gasteiger partial charge on any atom is -0.366 e. The summed E-state index contributed by atoms with van der Waals surface area (Å²) < 4.78 is 1.62. The van der Waals surface area contributed by atoms with Gasteiger partial charge in [0.1, 0.15) is 5.52 Å². The summed E-state index contributed by atoms with van der Waals surface area (Å²) in [6.45, 7) is 2.71. The topological polar surface area (TPSA) is 120 Å². The van der Waals surface area contributed by atoms with Crippen molar-refractivity contribution in [1.82, 2.24) is 14.8 Å². The molecule has 7 nitrogen and oxygen atoms in total. The standard InChI is InChI=1S/C15H16N5O2/c1-8-11-13(19-18-8)12-9(14(17)21)4-2-5-10(12)20(15(11)22)7-3-6-16/h2,5H,3,6-7,16H2,1H3,(H2,17,21)(H,18,19). The van der Waals surface area contributed by atoms with Crippen LogP contribution in [0.5, 0.6) is 0 Å². The second kappa shape index (κ2) is 5.27. The highest BCUT2D eigenvalue weighted by molar-refractivity contribution is 6.15. The molecule has 0 aliphatic rings. The Morgan fingerprint density at radius 3 is 2.91 bits per heavy atom. The number of nitrogens with two attached hydrogens (primary N) is 2. The van der Waals surface area contributed by atoms with Crippen LogP contribution < -0.4 is 17.0 Å². The van der Waals surface area contributed by atoms with Crippen LogP contribution in [0.2, 0.25) is 0 Å². The number of fused-ring (bicyclic) bond motifs is 3. The first kappa shape index (κ1) is 14.3. The van der Waals surface area contributed by atoms with E-state index in [9.17, 15) is 9.59 Å². The summed E-state index contributed by atoms with van der Waals surface area (Å²) in [4.78, 5) is 24.5. The molecule has 0 aliphatic heterocycles. The summed E-state index contributed by atoms with van der Waals surface area (Å²) in [5.41, 5.74) is 12.8. The second-order valence-corrected chi connectivity index (χ2v) is 5.15.